The first-order valence-electron chi connectivity index (χ1n) is 2.89. The molecule has 1 aliphatic heterocycles. The fraction of sp³-hybridized carbons (Fsp3) is 1.00. The van der Waals surface area contributed by atoms with E-state index in [9.17, 15) is 0 Å². The second kappa shape index (κ2) is 3.71. The molecule has 0 aromatic heterocycles. The predicted molar refractivity (Wildman–Crippen MR) is 41.5 cm³/mol. The van der Waals surface area contributed by atoms with Gasteiger partial charge in [0.15, 0.2) is 0 Å². The van der Waals surface area contributed by atoms with Crippen LogP contribution in [0.5, 0.6) is 0 Å². The van der Waals surface area contributed by atoms with E-state index in [2.05, 4.69) is 0 Å². The first-order valence-corrected chi connectivity index (χ1v) is 5.38. The average Bonchev–Trinajstić information content (AvgIpc) is 1.93. The summed E-state index contributed by atoms with van der Waals surface area (Å²) in [7, 11) is 3.27. The van der Waals surface area contributed by atoms with Crippen molar-refractivity contribution in [2.24, 2.45) is 0 Å². The molecule has 0 saturated carbocycles. The number of hydrogen-bond donors (Lipinski definition) is 2. The highest BCUT2D eigenvalue weighted by Gasteiger charge is 2.16. The van der Waals surface area contributed by atoms with Crippen molar-refractivity contribution >= 4 is 21.6 Å². The molecule has 2 atom stereocenters. The molecule has 4 heteroatoms. The summed E-state index contributed by atoms with van der Waals surface area (Å²) in [6.45, 7) is 0. The van der Waals surface area contributed by atoms with Gasteiger partial charge < -0.3 is 10.2 Å². The van der Waals surface area contributed by atoms with Gasteiger partial charge >= 0.3 is 0 Å². The van der Waals surface area contributed by atoms with Crippen molar-refractivity contribution in [3.8, 4) is 0 Å². The van der Waals surface area contributed by atoms with Gasteiger partial charge in [-0.25, -0.2) is 0 Å². The van der Waals surface area contributed by atoms with Crippen LogP contribution in [0, 0.1) is 0 Å². The van der Waals surface area contributed by atoms with Gasteiger partial charge in [0.05, 0.1) is 12.2 Å². The molecule has 9 heavy (non-hydrogen) atoms. The second-order valence-electron chi connectivity index (χ2n) is 2.11. The van der Waals surface area contributed by atoms with E-state index < -0.39 is 0 Å². The number of rotatable bonds is 0. The number of aliphatic hydroxyl groups excluding tert-OH is 2. The Morgan fingerprint density at radius 1 is 1.00 bits per heavy atom. The van der Waals surface area contributed by atoms with Crippen LogP contribution < -0.4 is 0 Å². The predicted octanol–water partition coefficient (Wildman–Crippen LogP) is 0.493. The summed E-state index contributed by atoms with van der Waals surface area (Å²) < 4.78 is 0. The molecule has 0 amide bonds. The van der Waals surface area contributed by atoms with Crippen molar-refractivity contribution in [2.45, 2.75) is 18.6 Å². The van der Waals surface area contributed by atoms with E-state index in [1.807, 2.05) is 0 Å². The fourth-order valence-electron chi connectivity index (χ4n) is 0.703. The maximum atomic E-state index is 9.07. The summed E-state index contributed by atoms with van der Waals surface area (Å²) in [4.78, 5) is 0. The molecular weight excluding hydrogens is 156 g/mol. The molecule has 1 aliphatic rings. The van der Waals surface area contributed by atoms with E-state index in [4.69, 9.17) is 10.2 Å². The SMILES string of the molecule is OC1CSSCC(O)C1. The van der Waals surface area contributed by atoms with E-state index in [0.717, 1.165) is 11.5 Å². The molecule has 0 aromatic rings. The zero-order chi connectivity index (χ0) is 6.69. The van der Waals surface area contributed by atoms with Gasteiger partial charge in [0.25, 0.3) is 0 Å². The first-order chi connectivity index (χ1) is 4.29. The summed E-state index contributed by atoms with van der Waals surface area (Å²) in [5.74, 6) is 1.50. The molecule has 1 saturated heterocycles. The van der Waals surface area contributed by atoms with Gasteiger partial charge in [-0.2, -0.15) is 0 Å². The van der Waals surface area contributed by atoms with Crippen LogP contribution in [0.2, 0.25) is 0 Å². The van der Waals surface area contributed by atoms with Crippen molar-refractivity contribution < 1.29 is 10.2 Å². The minimum atomic E-state index is -0.306. The van der Waals surface area contributed by atoms with E-state index in [0.29, 0.717) is 6.42 Å². The Kier molecular flexibility index (Phi) is 3.18. The zero-order valence-electron chi connectivity index (χ0n) is 4.99. The van der Waals surface area contributed by atoms with Gasteiger partial charge in [0, 0.05) is 17.9 Å². The molecule has 0 bridgehead atoms. The van der Waals surface area contributed by atoms with Gasteiger partial charge in [0.1, 0.15) is 0 Å². The topological polar surface area (TPSA) is 40.5 Å². The summed E-state index contributed by atoms with van der Waals surface area (Å²) >= 11 is 0. The van der Waals surface area contributed by atoms with Gasteiger partial charge in [0.2, 0.25) is 0 Å². The lowest BCUT2D eigenvalue weighted by Crippen LogP contribution is -2.18. The molecule has 1 heterocycles. The summed E-state index contributed by atoms with van der Waals surface area (Å²) in [5, 5.41) is 18.1. The molecule has 0 spiro atoms. The molecule has 1 rings (SSSR count). The summed E-state index contributed by atoms with van der Waals surface area (Å²) in [6, 6.07) is 0. The van der Waals surface area contributed by atoms with Crippen LogP contribution in [-0.4, -0.2) is 33.9 Å². The second-order valence-corrected chi connectivity index (χ2v) is 4.66. The lowest BCUT2D eigenvalue weighted by molar-refractivity contribution is 0.108. The van der Waals surface area contributed by atoms with Crippen molar-refractivity contribution in [3.63, 3.8) is 0 Å². The Morgan fingerprint density at radius 2 is 1.44 bits per heavy atom. The van der Waals surface area contributed by atoms with Crippen molar-refractivity contribution in [1.82, 2.24) is 0 Å². The van der Waals surface area contributed by atoms with Crippen molar-refractivity contribution in [2.75, 3.05) is 11.5 Å². The standard InChI is InChI=1S/C5H10O2S2/c6-4-1-5(7)3-9-8-2-4/h4-7H,1-3H2. The molecule has 54 valence electrons. The molecule has 2 unspecified atom stereocenters. The van der Waals surface area contributed by atoms with E-state index in [1.54, 1.807) is 21.6 Å². The van der Waals surface area contributed by atoms with E-state index >= 15 is 0 Å². The Balaban J connectivity index is 2.29. The molecular formula is C5H10O2S2. The Morgan fingerprint density at radius 3 is 1.89 bits per heavy atom. The smallest absolute Gasteiger partial charge is 0.0663 e. The fourth-order valence-corrected chi connectivity index (χ4v) is 3.00. The lowest BCUT2D eigenvalue weighted by atomic mass is 10.2. The first kappa shape index (κ1) is 7.72. The minimum Gasteiger partial charge on any atom is -0.392 e. The largest absolute Gasteiger partial charge is 0.392 e. The Bertz CT molecular complexity index is 79.0. The third kappa shape index (κ3) is 2.80. The summed E-state index contributed by atoms with van der Waals surface area (Å²) in [6.07, 6.45) is -0.0694. The van der Waals surface area contributed by atoms with Crippen LogP contribution >= 0.6 is 21.6 Å². The van der Waals surface area contributed by atoms with Gasteiger partial charge in [-0.3, -0.25) is 0 Å². The maximum absolute atomic E-state index is 9.07. The van der Waals surface area contributed by atoms with Crippen molar-refractivity contribution in [1.29, 1.82) is 0 Å². The third-order valence-corrected chi connectivity index (χ3v) is 3.67. The van der Waals surface area contributed by atoms with E-state index in [1.165, 1.54) is 0 Å². The molecule has 2 nitrogen and oxygen atoms in total. The van der Waals surface area contributed by atoms with Crippen LogP contribution in [-0.2, 0) is 0 Å². The van der Waals surface area contributed by atoms with Crippen LogP contribution in [0.3, 0.4) is 0 Å². The van der Waals surface area contributed by atoms with E-state index in [-0.39, 0.29) is 12.2 Å². The molecule has 1 fully saturated rings. The normalized spacial score (nSPS) is 38.0. The molecule has 0 radical (unpaired) electrons. The minimum absolute atomic E-state index is 0.306. The van der Waals surface area contributed by atoms with Gasteiger partial charge in [-0.05, 0) is 0 Å². The highest BCUT2D eigenvalue weighted by molar-refractivity contribution is 8.76. The number of hydrogen-bond acceptors (Lipinski definition) is 4. The van der Waals surface area contributed by atoms with Crippen LogP contribution in [0.15, 0.2) is 0 Å². The summed E-state index contributed by atoms with van der Waals surface area (Å²) in [5.41, 5.74) is 0. The highest BCUT2D eigenvalue weighted by Crippen LogP contribution is 2.28. The maximum Gasteiger partial charge on any atom is 0.0663 e. The Labute approximate surface area is 62.4 Å². The van der Waals surface area contributed by atoms with Gasteiger partial charge in [-0.15, -0.1) is 0 Å². The number of aliphatic hydroxyl groups is 2. The molecule has 2 N–H and O–H groups in total. The Hall–Kier alpha value is 0.620. The quantitative estimate of drug-likeness (QED) is 0.514. The van der Waals surface area contributed by atoms with Gasteiger partial charge in [-0.1, -0.05) is 21.6 Å². The highest BCUT2D eigenvalue weighted by atomic mass is 33.1. The van der Waals surface area contributed by atoms with Crippen molar-refractivity contribution in [3.05, 3.63) is 0 Å². The molecule has 0 aliphatic carbocycles. The third-order valence-electron chi connectivity index (χ3n) is 1.15. The van der Waals surface area contributed by atoms with Crippen LogP contribution in [0.25, 0.3) is 0 Å². The zero-order valence-corrected chi connectivity index (χ0v) is 6.62. The molecule has 0 aromatic carbocycles. The average molecular weight is 166 g/mol. The van der Waals surface area contributed by atoms with Crippen LogP contribution in [0.4, 0.5) is 0 Å². The van der Waals surface area contributed by atoms with Crippen LogP contribution in [0.1, 0.15) is 6.42 Å². The monoisotopic (exact) mass is 166 g/mol. The lowest BCUT2D eigenvalue weighted by Gasteiger charge is -2.07.